The molecule has 220 valence electrons. The lowest BCUT2D eigenvalue weighted by molar-refractivity contribution is -0.176. The molecule has 0 aromatic heterocycles. The first-order chi connectivity index (χ1) is 17.8. The molecule has 1 aliphatic carbocycles. The molecule has 6 unspecified atom stereocenters. The SMILES string of the molecule is CC(C)OC(=O)C(CC1CCNC1=O)NC(=O)C1C2C(CN1C(=O)C(NC(=O)C(F)(F)F)C(C)(C)C)C2(C)C. The fourth-order valence-electron chi connectivity index (χ4n) is 5.78. The van der Waals surface area contributed by atoms with Crippen LogP contribution in [0.15, 0.2) is 0 Å². The predicted octanol–water partition coefficient (Wildman–Crippen LogP) is 1.53. The van der Waals surface area contributed by atoms with Crippen LogP contribution in [0.5, 0.6) is 0 Å². The fourth-order valence-corrected chi connectivity index (χ4v) is 5.78. The molecule has 2 aliphatic heterocycles. The van der Waals surface area contributed by atoms with Crippen LogP contribution >= 0.6 is 0 Å². The molecule has 2 saturated heterocycles. The van der Waals surface area contributed by atoms with Gasteiger partial charge in [-0.05, 0) is 49.4 Å². The first-order valence-corrected chi connectivity index (χ1v) is 13.2. The minimum Gasteiger partial charge on any atom is -0.461 e. The number of carbonyl (C=O) groups is 5. The van der Waals surface area contributed by atoms with E-state index in [9.17, 15) is 37.1 Å². The Morgan fingerprint density at radius 1 is 1.13 bits per heavy atom. The lowest BCUT2D eigenvalue weighted by Gasteiger charge is -2.38. The molecule has 0 spiro atoms. The second-order valence-electron chi connectivity index (χ2n) is 12.7. The number of fused-ring (bicyclic) bond motifs is 1. The van der Waals surface area contributed by atoms with E-state index in [0.717, 1.165) is 0 Å². The van der Waals surface area contributed by atoms with Gasteiger partial charge in [-0.3, -0.25) is 19.2 Å². The Labute approximate surface area is 226 Å². The molecule has 13 heteroatoms. The minimum atomic E-state index is -5.19. The zero-order valence-corrected chi connectivity index (χ0v) is 23.4. The monoisotopic (exact) mass is 560 g/mol. The van der Waals surface area contributed by atoms with E-state index in [2.05, 4.69) is 10.6 Å². The van der Waals surface area contributed by atoms with Gasteiger partial charge >= 0.3 is 18.1 Å². The molecular weight excluding hydrogens is 521 g/mol. The number of amides is 4. The molecule has 3 fully saturated rings. The number of esters is 1. The molecule has 4 amide bonds. The molecular formula is C26H39F3N4O6. The fraction of sp³-hybridized carbons (Fsp3) is 0.808. The Balaban J connectivity index is 1.87. The summed E-state index contributed by atoms with van der Waals surface area (Å²) in [4.78, 5) is 65.4. The molecule has 39 heavy (non-hydrogen) atoms. The second kappa shape index (κ2) is 10.6. The van der Waals surface area contributed by atoms with E-state index in [4.69, 9.17) is 4.74 Å². The summed E-state index contributed by atoms with van der Waals surface area (Å²) in [6, 6.07) is -3.78. The molecule has 10 nitrogen and oxygen atoms in total. The quantitative estimate of drug-likeness (QED) is 0.386. The van der Waals surface area contributed by atoms with E-state index in [-0.39, 0.29) is 36.1 Å². The van der Waals surface area contributed by atoms with Crippen molar-refractivity contribution in [2.45, 2.75) is 91.7 Å². The van der Waals surface area contributed by atoms with Gasteiger partial charge in [-0.15, -0.1) is 0 Å². The van der Waals surface area contributed by atoms with Crippen molar-refractivity contribution in [2.75, 3.05) is 13.1 Å². The van der Waals surface area contributed by atoms with E-state index in [0.29, 0.717) is 13.0 Å². The molecule has 0 aromatic carbocycles. The van der Waals surface area contributed by atoms with Gasteiger partial charge in [0.1, 0.15) is 18.1 Å². The van der Waals surface area contributed by atoms with Gasteiger partial charge in [0.2, 0.25) is 17.7 Å². The van der Waals surface area contributed by atoms with Crippen molar-refractivity contribution < 1.29 is 41.9 Å². The summed E-state index contributed by atoms with van der Waals surface area (Å²) in [5.74, 6) is -5.54. The van der Waals surface area contributed by atoms with Crippen LogP contribution in [0.25, 0.3) is 0 Å². The van der Waals surface area contributed by atoms with Crippen LogP contribution in [0.3, 0.4) is 0 Å². The highest BCUT2D eigenvalue weighted by molar-refractivity contribution is 5.96. The Morgan fingerprint density at radius 2 is 1.74 bits per heavy atom. The first kappa shape index (κ1) is 30.7. The van der Waals surface area contributed by atoms with Crippen LogP contribution in [-0.2, 0) is 28.7 Å². The molecule has 2 heterocycles. The number of hydrogen-bond donors (Lipinski definition) is 3. The highest BCUT2D eigenvalue weighted by atomic mass is 19.4. The van der Waals surface area contributed by atoms with Gasteiger partial charge in [0.15, 0.2) is 0 Å². The molecule has 1 saturated carbocycles. The number of ether oxygens (including phenoxy) is 1. The Morgan fingerprint density at radius 3 is 2.23 bits per heavy atom. The molecule has 0 bridgehead atoms. The number of nitrogens with zero attached hydrogens (tertiary/aromatic N) is 1. The molecule has 0 aromatic rings. The molecule has 6 atom stereocenters. The van der Waals surface area contributed by atoms with Crippen molar-refractivity contribution in [1.82, 2.24) is 20.9 Å². The lowest BCUT2D eigenvalue weighted by atomic mass is 9.85. The topological polar surface area (TPSA) is 134 Å². The van der Waals surface area contributed by atoms with Gasteiger partial charge in [-0.1, -0.05) is 34.6 Å². The van der Waals surface area contributed by atoms with Gasteiger partial charge in [0, 0.05) is 19.0 Å². The second-order valence-corrected chi connectivity index (χ2v) is 12.7. The van der Waals surface area contributed by atoms with Crippen LogP contribution in [0.2, 0.25) is 0 Å². The number of piperidine rings is 1. The molecule has 3 rings (SSSR count). The number of rotatable bonds is 8. The van der Waals surface area contributed by atoms with Gasteiger partial charge < -0.3 is 25.6 Å². The summed E-state index contributed by atoms with van der Waals surface area (Å²) in [6.45, 7) is 12.3. The van der Waals surface area contributed by atoms with Crippen molar-refractivity contribution in [3.05, 3.63) is 0 Å². The summed E-state index contributed by atoms with van der Waals surface area (Å²) in [5.41, 5.74) is -1.41. The number of alkyl halides is 3. The number of carbonyl (C=O) groups excluding carboxylic acids is 5. The zero-order chi connectivity index (χ0) is 29.7. The predicted molar refractivity (Wildman–Crippen MR) is 133 cm³/mol. The van der Waals surface area contributed by atoms with Crippen molar-refractivity contribution >= 4 is 29.6 Å². The van der Waals surface area contributed by atoms with Crippen LogP contribution in [0, 0.1) is 28.6 Å². The maximum absolute atomic E-state index is 13.7. The van der Waals surface area contributed by atoms with Gasteiger partial charge in [0.25, 0.3) is 0 Å². The molecule has 0 radical (unpaired) electrons. The number of likely N-dealkylation sites (tertiary alicyclic amines) is 1. The number of hydrogen-bond acceptors (Lipinski definition) is 6. The summed E-state index contributed by atoms with van der Waals surface area (Å²) in [6.07, 6.45) is -5.17. The molecule has 3 N–H and O–H groups in total. The van der Waals surface area contributed by atoms with E-state index in [1.807, 2.05) is 19.2 Å². The summed E-state index contributed by atoms with van der Waals surface area (Å²) in [7, 11) is 0. The molecule has 3 aliphatic rings. The average molecular weight is 561 g/mol. The van der Waals surface area contributed by atoms with Gasteiger partial charge in [-0.2, -0.15) is 13.2 Å². The van der Waals surface area contributed by atoms with E-state index in [1.54, 1.807) is 13.8 Å². The maximum Gasteiger partial charge on any atom is 0.471 e. The average Bonchev–Trinajstić information content (AvgIpc) is 3.14. The highest BCUT2D eigenvalue weighted by Crippen LogP contribution is 2.65. The van der Waals surface area contributed by atoms with Crippen LogP contribution in [-0.4, -0.2) is 78.0 Å². The zero-order valence-electron chi connectivity index (χ0n) is 23.4. The number of nitrogens with one attached hydrogen (secondary N) is 3. The van der Waals surface area contributed by atoms with E-state index >= 15 is 0 Å². The maximum atomic E-state index is 13.7. The summed E-state index contributed by atoms with van der Waals surface area (Å²) in [5, 5.41) is 7.18. The van der Waals surface area contributed by atoms with Crippen LogP contribution < -0.4 is 16.0 Å². The highest BCUT2D eigenvalue weighted by Gasteiger charge is 2.70. The Kier molecular flexibility index (Phi) is 8.34. The van der Waals surface area contributed by atoms with E-state index < -0.39 is 65.4 Å². The largest absolute Gasteiger partial charge is 0.471 e. The van der Waals surface area contributed by atoms with Gasteiger partial charge in [0.05, 0.1) is 6.10 Å². The van der Waals surface area contributed by atoms with Crippen molar-refractivity contribution in [1.29, 1.82) is 0 Å². The Hall–Kier alpha value is -2.86. The van der Waals surface area contributed by atoms with Gasteiger partial charge in [-0.25, -0.2) is 4.79 Å². The van der Waals surface area contributed by atoms with Crippen LogP contribution in [0.1, 0.15) is 61.3 Å². The minimum absolute atomic E-state index is 0.00748. The van der Waals surface area contributed by atoms with Crippen molar-refractivity contribution in [3.63, 3.8) is 0 Å². The summed E-state index contributed by atoms with van der Waals surface area (Å²) >= 11 is 0. The van der Waals surface area contributed by atoms with Crippen molar-refractivity contribution in [2.24, 2.45) is 28.6 Å². The van der Waals surface area contributed by atoms with Crippen LogP contribution in [0.4, 0.5) is 13.2 Å². The third-order valence-electron chi connectivity index (χ3n) is 8.04. The lowest BCUT2D eigenvalue weighted by Crippen LogP contribution is -2.61. The standard InChI is InChI=1S/C26H39F3N4O6/c1-12(2)39-22(37)15(10-13-8-9-30-19(13)34)31-20(35)17-16-14(25(16,6)7)11-33(17)21(36)18(24(3,4)5)32-23(38)26(27,28)29/h12-18H,8-11H2,1-7H3,(H,30,34)(H,31,35)(H,32,38). The third kappa shape index (κ3) is 6.49. The first-order valence-electron chi connectivity index (χ1n) is 13.2. The third-order valence-corrected chi connectivity index (χ3v) is 8.04. The van der Waals surface area contributed by atoms with Crippen molar-refractivity contribution in [3.8, 4) is 0 Å². The Bertz CT molecular complexity index is 1020. The smallest absolute Gasteiger partial charge is 0.461 e. The summed E-state index contributed by atoms with van der Waals surface area (Å²) < 4.78 is 44.4. The normalized spacial score (nSPS) is 27.4. The number of halogens is 3. The van der Waals surface area contributed by atoms with E-state index in [1.165, 1.54) is 25.7 Å².